The molecule has 0 spiro atoms. The van der Waals surface area contributed by atoms with E-state index in [4.69, 9.17) is 10.4 Å². The van der Waals surface area contributed by atoms with Crippen molar-refractivity contribution < 1.29 is 10.4 Å². The second-order valence-electron chi connectivity index (χ2n) is 2.50. The molecular formula is C9H10N4O2. The molecule has 6 heteroatoms. The zero-order chi connectivity index (χ0) is 10.9. The molecule has 0 aliphatic carbocycles. The minimum Gasteiger partial charge on any atom is -0.411 e. The Bertz CT molecular complexity index is 359. The molecule has 0 saturated heterocycles. The second-order valence-corrected chi connectivity index (χ2v) is 2.50. The van der Waals surface area contributed by atoms with E-state index in [0.717, 1.165) is 18.1 Å². The van der Waals surface area contributed by atoms with Crippen LogP contribution in [0.3, 0.4) is 0 Å². The summed E-state index contributed by atoms with van der Waals surface area (Å²) >= 11 is 0. The van der Waals surface area contributed by atoms with Gasteiger partial charge in [0, 0.05) is 0 Å². The van der Waals surface area contributed by atoms with E-state index in [0.29, 0.717) is 0 Å². The zero-order valence-electron chi connectivity index (χ0n) is 7.78. The van der Waals surface area contributed by atoms with Gasteiger partial charge < -0.3 is 10.4 Å². The molecule has 1 aromatic rings. The maximum Gasteiger partial charge on any atom is 0.126 e. The predicted octanol–water partition coefficient (Wildman–Crippen LogP) is 1.37. The van der Waals surface area contributed by atoms with Gasteiger partial charge in [0.25, 0.3) is 0 Å². The molecule has 0 aliphatic rings. The first-order valence-electron chi connectivity index (χ1n) is 4.10. The molecule has 0 unspecified atom stereocenters. The number of hydrogen-bond acceptors (Lipinski definition) is 6. The summed E-state index contributed by atoms with van der Waals surface area (Å²) in [7, 11) is 0. The van der Waals surface area contributed by atoms with E-state index in [-0.39, 0.29) is 5.71 Å². The SMILES string of the molecule is O/N=C\C(/C=N\O)=NNc1ccccc1. The van der Waals surface area contributed by atoms with E-state index in [2.05, 4.69) is 20.8 Å². The van der Waals surface area contributed by atoms with Gasteiger partial charge in [-0.05, 0) is 12.1 Å². The van der Waals surface area contributed by atoms with Crippen LogP contribution in [0.5, 0.6) is 0 Å². The summed E-state index contributed by atoms with van der Waals surface area (Å²) in [6.07, 6.45) is 2.07. The average Bonchev–Trinajstić information content (AvgIpc) is 2.28. The lowest BCUT2D eigenvalue weighted by Gasteiger charge is -1.98. The first-order valence-corrected chi connectivity index (χ1v) is 4.10. The molecule has 0 aromatic heterocycles. The van der Waals surface area contributed by atoms with E-state index in [1.165, 1.54) is 0 Å². The van der Waals surface area contributed by atoms with Crippen molar-refractivity contribution in [2.45, 2.75) is 0 Å². The lowest BCUT2D eigenvalue weighted by Crippen LogP contribution is -2.05. The van der Waals surface area contributed by atoms with Crippen LogP contribution < -0.4 is 5.43 Å². The Labute approximate surface area is 86.2 Å². The molecule has 78 valence electrons. The van der Waals surface area contributed by atoms with E-state index in [1.54, 1.807) is 0 Å². The summed E-state index contributed by atoms with van der Waals surface area (Å²) in [5, 5.41) is 25.9. The Morgan fingerprint density at radius 1 is 1.07 bits per heavy atom. The summed E-state index contributed by atoms with van der Waals surface area (Å²) < 4.78 is 0. The van der Waals surface area contributed by atoms with Crippen LogP contribution in [0, 0.1) is 0 Å². The first kappa shape index (κ1) is 10.7. The topological polar surface area (TPSA) is 89.6 Å². The fraction of sp³-hybridized carbons (Fsp3) is 0. The normalized spacial score (nSPS) is 10.7. The molecule has 0 bridgehead atoms. The maximum atomic E-state index is 8.28. The molecule has 0 saturated carbocycles. The highest BCUT2D eigenvalue weighted by atomic mass is 16.4. The van der Waals surface area contributed by atoms with Crippen LogP contribution in [0.1, 0.15) is 0 Å². The van der Waals surface area contributed by atoms with Gasteiger partial charge in [-0.1, -0.05) is 28.5 Å². The van der Waals surface area contributed by atoms with Gasteiger partial charge in [0.2, 0.25) is 0 Å². The summed E-state index contributed by atoms with van der Waals surface area (Å²) in [6, 6.07) is 9.19. The van der Waals surface area contributed by atoms with Crippen LogP contribution >= 0.6 is 0 Å². The van der Waals surface area contributed by atoms with Crippen LogP contribution in [0.15, 0.2) is 45.7 Å². The Morgan fingerprint density at radius 2 is 1.67 bits per heavy atom. The van der Waals surface area contributed by atoms with E-state index < -0.39 is 0 Å². The third-order valence-electron chi connectivity index (χ3n) is 1.47. The number of para-hydroxylation sites is 1. The van der Waals surface area contributed by atoms with E-state index in [9.17, 15) is 0 Å². The van der Waals surface area contributed by atoms with Gasteiger partial charge in [-0.3, -0.25) is 5.43 Å². The molecule has 0 fully saturated rings. The smallest absolute Gasteiger partial charge is 0.126 e. The highest BCUT2D eigenvalue weighted by molar-refractivity contribution is 6.55. The average molecular weight is 206 g/mol. The molecule has 0 heterocycles. The van der Waals surface area contributed by atoms with Crippen molar-refractivity contribution in [3.8, 4) is 0 Å². The van der Waals surface area contributed by atoms with Crippen molar-refractivity contribution in [3.63, 3.8) is 0 Å². The van der Waals surface area contributed by atoms with E-state index in [1.807, 2.05) is 30.3 Å². The van der Waals surface area contributed by atoms with Gasteiger partial charge in [0.05, 0.1) is 18.1 Å². The number of nitrogens with one attached hydrogen (secondary N) is 1. The number of oxime groups is 2. The van der Waals surface area contributed by atoms with Crippen molar-refractivity contribution >= 4 is 23.8 Å². The number of nitrogens with zero attached hydrogens (tertiary/aromatic N) is 3. The minimum absolute atomic E-state index is 0.184. The third kappa shape index (κ3) is 3.90. The number of anilines is 1. The largest absolute Gasteiger partial charge is 0.411 e. The summed E-state index contributed by atoms with van der Waals surface area (Å²) in [5.74, 6) is 0. The second kappa shape index (κ2) is 6.14. The summed E-state index contributed by atoms with van der Waals surface area (Å²) in [4.78, 5) is 0. The molecule has 0 aliphatic heterocycles. The monoisotopic (exact) mass is 206 g/mol. The lowest BCUT2D eigenvalue weighted by molar-refractivity contribution is 0.321. The molecule has 3 N–H and O–H groups in total. The Hall–Kier alpha value is -2.37. The van der Waals surface area contributed by atoms with Crippen molar-refractivity contribution in [1.82, 2.24) is 0 Å². The molecule has 1 aromatic carbocycles. The van der Waals surface area contributed by atoms with Crippen molar-refractivity contribution in [1.29, 1.82) is 0 Å². The van der Waals surface area contributed by atoms with E-state index >= 15 is 0 Å². The lowest BCUT2D eigenvalue weighted by atomic mass is 10.3. The van der Waals surface area contributed by atoms with Crippen LogP contribution in [0.25, 0.3) is 0 Å². The Balaban J connectivity index is 2.69. The Kier molecular flexibility index (Phi) is 4.38. The standard InChI is InChI=1S/C9H10N4O2/c14-10-6-9(7-11-15)13-12-8-4-2-1-3-5-8/h1-7,12,14-15H/b10-6-,11-7-. The summed E-state index contributed by atoms with van der Waals surface area (Å²) in [5.41, 5.74) is 3.65. The van der Waals surface area contributed by atoms with Crippen molar-refractivity contribution in [3.05, 3.63) is 30.3 Å². The number of rotatable bonds is 4. The molecule has 15 heavy (non-hydrogen) atoms. The quantitative estimate of drug-likeness (QED) is 0.395. The first-order chi connectivity index (χ1) is 7.36. The van der Waals surface area contributed by atoms with Crippen LogP contribution in [-0.4, -0.2) is 28.6 Å². The number of hydrogen-bond donors (Lipinski definition) is 3. The zero-order valence-corrected chi connectivity index (χ0v) is 7.78. The Morgan fingerprint density at radius 3 is 2.20 bits per heavy atom. The fourth-order valence-corrected chi connectivity index (χ4v) is 0.851. The summed E-state index contributed by atoms with van der Waals surface area (Å²) in [6.45, 7) is 0. The molecule has 6 nitrogen and oxygen atoms in total. The van der Waals surface area contributed by atoms with Gasteiger partial charge in [0.15, 0.2) is 0 Å². The maximum absolute atomic E-state index is 8.28. The molecular weight excluding hydrogens is 196 g/mol. The number of benzene rings is 1. The van der Waals surface area contributed by atoms with Crippen LogP contribution in [0.4, 0.5) is 5.69 Å². The molecule has 0 atom stereocenters. The third-order valence-corrected chi connectivity index (χ3v) is 1.47. The molecule has 0 radical (unpaired) electrons. The van der Waals surface area contributed by atoms with Gasteiger partial charge in [-0.15, -0.1) is 0 Å². The minimum atomic E-state index is 0.184. The van der Waals surface area contributed by atoms with Crippen molar-refractivity contribution in [2.24, 2.45) is 15.4 Å². The fourth-order valence-electron chi connectivity index (χ4n) is 0.851. The van der Waals surface area contributed by atoms with Gasteiger partial charge >= 0.3 is 0 Å². The van der Waals surface area contributed by atoms with Crippen LogP contribution in [-0.2, 0) is 0 Å². The van der Waals surface area contributed by atoms with Crippen LogP contribution in [0.2, 0.25) is 0 Å². The van der Waals surface area contributed by atoms with Gasteiger partial charge in [-0.2, -0.15) is 5.10 Å². The van der Waals surface area contributed by atoms with Gasteiger partial charge in [-0.25, -0.2) is 0 Å². The predicted molar refractivity (Wildman–Crippen MR) is 58.1 cm³/mol. The molecule has 0 amide bonds. The molecule has 1 rings (SSSR count). The highest BCUT2D eigenvalue weighted by Crippen LogP contribution is 2.03. The van der Waals surface area contributed by atoms with Gasteiger partial charge in [0.1, 0.15) is 5.71 Å². The highest BCUT2D eigenvalue weighted by Gasteiger charge is 1.91. The number of hydrazone groups is 1. The van der Waals surface area contributed by atoms with Crippen molar-refractivity contribution in [2.75, 3.05) is 5.43 Å².